The smallest absolute Gasteiger partial charge is 0.337 e. The predicted octanol–water partition coefficient (Wildman–Crippen LogP) is 10.2. The van der Waals surface area contributed by atoms with Crippen molar-refractivity contribution < 1.29 is 9.53 Å². The molecule has 0 fully saturated rings. The van der Waals surface area contributed by atoms with Crippen LogP contribution in [0.15, 0.2) is 162 Å². The van der Waals surface area contributed by atoms with E-state index in [9.17, 15) is 4.79 Å². The highest BCUT2D eigenvalue weighted by atomic mass is 32.2. The number of rotatable bonds is 9. The second-order valence-corrected chi connectivity index (χ2v) is 14.2. The number of hydrogen-bond acceptors (Lipinski definition) is 7. The molecule has 8 rings (SSSR count). The van der Waals surface area contributed by atoms with Crippen LogP contribution in [0.5, 0.6) is 0 Å². The zero-order chi connectivity index (χ0) is 34.8. The fourth-order valence-corrected chi connectivity index (χ4v) is 8.32. The molecule has 3 aromatic heterocycles. The summed E-state index contributed by atoms with van der Waals surface area (Å²) in [5.41, 5.74) is 8.18. The molecule has 0 saturated heterocycles. The van der Waals surface area contributed by atoms with Crippen molar-refractivity contribution in [2.24, 2.45) is 0 Å². The van der Waals surface area contributed by atoms with Gasteiger partial charge in [0.15, 0.2) is 0 Å². The highest BCUT2D eigenvalue weighted by Crippen LogP contribution is 2.44. The van der Waals surface area contributed by atoms with Gasteiger partial charge in [-0.2, -0.15) is 5.10 Å². The Morgan fingerprint density at radius 3 is 1.88 bits per heavy atom. The van der Waals surface area contributed by atoms with Gasteiger partial charge in [0, 0.05) is 22.7 Å². The molecule has 0 aliphatic rings. The Bertz CT molecular complexity index is 2360. The first-order valence-electron chi connectivity index (χ1n) is 16.4. The van der Waals surface area contributed by atoms with Gasteiger partial charge in [0.05, 0.1) is 33.0 Å². The van der Waals surface area contributed by atoms with Crippen molar-refractivity contribution in [1.29, 1.82) is 0 Å². The minimum absolute atomic E-state index is 0.385. The summed E-state index contributed by atoms with van der Waals surface area (Å²) < 4.78 is 8.32. The van der Waals surface area contributed by atoms with Gasteiger partial charge < -0.3 is 4.74 Å². The maximum absolute atomic E-state index is 12.4. The van der Waals surface area contributed by atoms with Crippen molar-refractivity contribution in [1.82, 2.24) is 19.7 Å². The highest BCUT2D eigenvalue weighted by molar-refractivity contribution is 8.00. The van der Waals surface area contributed by atoms with E-state index in [0.29, 0.717) is 5.56 Å². The Balaban J connectivity index is 1.42. The average molecular weight is 701 g/mol. The summed E-state index contributed by atoms with van der Waals surface area (Å²) in [7, 11) is 1.39. The first-order valence-corrected chi connectivity index (χ1v) is 18.5. The van der Waals surface area contributed by atoms with E-state index in [2.05, 4.69) is 125 Å². The van der Waals surface area contributed by atoms with Gasteiger partial charge in [-0.25, -0.2) is 14.8 Å². The van der Waals surface area contributed by atoms with Crippen LogP contribution >= 0.6 is 23.1 Å². The van der Waals surface area contributed by atoms with Crippen molar-refractivity contribution >= 4 is 40.0 Å². The lowest BCUT2D eigenvalue weighted by Gasteiger charge is -2.36. The first-order chi connectivity index (χ1) is 25.1. The molecule has 248 valence electrons. The van der Waals surface area contributed by atoms with Crippen LogP contribution in [0, 0.1) is 0 Å². The van der Waals surface area contributed by atoms with Gasteiger partial charge in [0.25, 0.3) is 0 Å². The number of aromatic nitrogens is 4. The summed E-state index contributed by atoms with van der Waals surface area (Å²) in [4.78, 5) is 22.9. The molecule has 8 heteroatoms. The Kier molecular flexibility index (Phi) is 8.78. The fourth-order valence-electron chi connectivity index (χ4n) is 6.76. The number of ether oxygens (including phenoxy) is 1. The molecule has 8 aromatic rings. The predicted molar refractivity (Wildman–Crippen MR) is 207 cm³/mol. The molecule has 0 saturated carbocycles. The molecule has 0 unspecified atom stereocenters. The second-order valence-electron chi connectivity index (χ2n) is 12.0. The van der Waals surface area contributed by atoms with Gasteiger partial charge in [-0.1, -0.05) is 109 Å². The summed E-state index contributed by atoms with van der Waals surface area (Å²) in [5.74, 6) is -0.385. The Morgan fingerprint density at radius 1 is 0.706 bits per heavy atom. The van der Waals surface area contributed by atoms with Gasteiger partial charge in [-0.3, -0.25) is 4.68 Å². The van der Waals surface area contributed by atoms with E-state index in [1.807, 2.05) is 30.3 Å². The largest absolute Gasteiger partial charge is 0.465 e. The van der Waals surface area contributed by atoms with Gasteiger partial charge in [-0.15, -0.1) is 23.1 Å². The van der Waals surface area contributed by atoms with Crippen LogP contribution in [-0.2, 0) is 10.3 Å². The zero-order valence-corrected chi connectivity index (χ0v) is 29.6. The Hall–Kier alpha value is -5.83. The van der Waals surface area contributed by atoms with Crippen LogP contribution in [0.1, 0.15) is 27.0 Å². The second kappa shape index (κ2) is 13.8. The number of carbonyl (C=O) groups excluding carboxylic acids is 1. The van der Waals surface area contributed by atoms with Gasteiger partial charge in [0.1, 0.15) is 17.6 Å². The maximum atomic E-state index is 12.4. The summed E-state index contributed by atoms with van der Waals surface area (Å²) in [6.07, 6.45) is 5.87. The minimum Gasteiger partial charge on any atom is -0.465 e. The van der Waals surface area contributed by atoms with E-state index in [0.717, 1.165) is 60.5 Å². The van der Waals surface area contributed by atoms with E-state index in [4.69, 9.17) is 14.8 Å². The molecular weight excluding hydrogens is 669 g/mol. The normalized spacial score (nSPS) is 11.5. The van der Waals surface area contributed by atoms with Crippen LogP contribution in [0.3, 0.4) is 0 Å². The van der Waals surface area contributed by atoms with Crippen LogP contribution in [0.4, 0.5) is 0 Å². The molecule has 0 radical (unpaired) electrons. The lowest BCUT2D eigenvalue weighted by Crippen LogP contribution is -2.38. The van der Waals surface area contributed by atoms with Crippen LogP contribution in [0.25, 0.3) is 43.9 Å². The third kappa shape index (κ3) is 5.82. The highest BCUT2D eigenvalue weighted by Gasteiger charge is 2.40. The monoisotopic (exact) mass is 700 g/mol. The van der Waals surface area contributed by atoms with E-state index in [1.54, 1.807) is 41.6 Å². The van der Waals surface area contributed by atoms with Crippen molar-refractivity contribution in [3.05, 3.63) is 180 Å². The average Bonchev–Trinajstić information content (AvgIpc) is 3.88. The molecule has 0 N–H and O–H groups in total. The maximum Gasteiger partial charge on any atom is 0.337 e. The van der Waals surface area contributed by atoms with Crippen LogP contribution in [-0.4, -0.2) is 39.1 Å². The van der Waals surface area contributed by atoms with E-state index in [1.165, 1.54) is 11.3 Å². The van der Waals surface area contributed by atoms with Gasteiger partial charge in [-0.05, 0) is 64.9 Å². The SMILES string of the molecule is COC(=O)c1ccc(-c2nn(C(c3ccccc3)(c3ccccc3)c3ccccc3)cc2-c2ccc3ncnc(-c4ccc(SC)s4)c3c2)cc1. The number of benzene rings is 5. The molecule has 0 bridgehead atoms. The number of carbonyl (C=O) groups is 1. The molecule has 51 heavy (non-hydrogen) atoms. The van der Waals surface area contributed by atoms with Gasteiger partial charge in [0.2, 0.25) is 0 Å². The quantitative estimate of drug-likeness (QED) is 0.0848. The summed E-state index contributed by atoms with van der Waals surface area (Å²) in [6.45, 7) is 0. The molecule has 5 aromatic carbocycles. The summed E-state index contributed by atoms with van der Waals surface area (Å²) in [6, 6.07) is 49.6. The third-order valence-corrected chi connectivity index (χ3v) is 11.3. The van der Waals surface area contributed by atoms with Gasteiger partial charge >= 0.3 is 5.97 Å². The molecule has 6 nitrogen and oxygen atoms in total. The molecule has 0 amide bonds. The number of hydrogen-bond donors (Lipinski definition) is 0. The molecule has 3 heterocycles. The zero-order valence-electron chi connectivity index (χ0n) is 27.9. The number of thioether (sulfide) groups is 1. The van der Waals surface area contributed by atoms with E-state index >= 15 is 0 Å². The van der Waals surface area contributed by atoms with Crippen LogP contribution in [0.2, 0.25) is 0 Å². The molecule has 0 aliphatic heterocycles. The fraction of sp³-hybridized carbons (Fsp3) is 0.0698. The van der Waals surface area contributed by atoms with Crippen molar-refractivity contribution in [2.45, 2.75) is 9.75 Å². The van der Waals surface area contributed by atoms with E-state index < -0.39 is 5.54 Å². The summed E-state index contributed by atoms with van der Waals surface area (Å²) in [5, 5.41) is 6.46. The number of methoxy groups -OCH3 is 1. The summed E-state index contributed by atoms with van der Waals surface area (Å²) >= 11 is 3.45. The Labute approximate surface area is 304 Å². The first kappa shape index (κ1) is 32.4. The standard InChI is InChI=1S/C43H32N4O2S2/c1-49-42(48)30-20-18-29(19-21-30)40-36(31-22-23-37-35(26-31)41(45-28-44-37)38-24-25-39(50-2)51-38)27-47(46-40)43(32-12-6-3-7-13-32,33-14-8-4-9-15-33)34-16-10-5-11-17-34/h3-28H,1-2H3. The van der Waals surface area contributed by atoms with Crippen molar-refractivity contribution in [3.8, 4) is 33.0 Å². The number of thiophene rings is 1. The van der Waals surface area contributed by atoms with Crippen molar-refractivity contribution in [2.75, 3.05) is 13.4 Å². The topological polar surface area (TPSA) is 69.9 Å². The minimum atomic E-state index is -0.820. The molecule has 0 atom stereocenters. The number of nitrogens with zero attached hydrogens (tertiary/aromatic N) is 4. The Morgan fingerprint density at radius 2 is 1.31 bits per heavy atom. The van der Waals surface area contributed by atoms with Crippen molar-refractivity contribution in [3.63, 3.8) is 0 Å². The lowest BCUT2D eigenvalue weighted by molar-refractivity contribution is 0.0600. The number of esters is 1. The number of fused-ring (bicyclic) bond motifs is 1. The molecule has 0 aliphatic carbocycles. The van der Waals surface area contributed by atoms with E-state index in [-0.39, 0.29) is 5.97 Å². The molecule has 0 spiro atoms. The lowest BCUT2D eigenvalue weighted by atomic mass is 9.77. The molecular formula is C43H32N4O2S2. The van der Waals surface area contributed by atoms with Crippen LogP contribution < -0.4 is 0 Å². The third-order valence-electron chi connectivity index (χ3n) is 9.17.